The molecule has 1 unspecified atom stereocenters. The Balaban J connectivity index is 1.71. The Kier molecular flexibility index (Phi) is 4.51. The Morgan fingerprint density at radius 3 is 2.76 bits per heavy atom. The van der Waals surface area contributed by atoms with Crippen molar-refractivity contribution in [3.63, 3.8) is 0 Å². The molecule has 1 aliphatic heterocycles. The maximum absolute atomic E-state index is 12.7. The summed E-state index contributed by atoms with van der Waals surface area (Å²) in [6, 6.07) is 7.48. The molecule has 3 heteroatoms. The summed E-state index contributed by atoms with van der Waals surface area (Å²) in [5.74, 6) is -0.155. The highest BCUT2D eigenvalue weighted by atomic mass is 19.1. The number of hydrogen-bond acceptors (Lipinski definition) is 2. The Morgan fingerprint density at radius 1 is 1.35 bits per heavy atom. The molecule has 2 rings (SSSR count). The van der Waals surface area contributed by atoms with Crippen LogP contribution in [0.15, 0.2) is 24.3 Å². The summed E-state index contributed by atoms with van der Waals surface area (Å²) < 4.78 is 12.7. The van der Waals surface area contributed by atoms with Gasteiger partial charge in [-0.05, 0) is 50.6 Å². The molecule has 0 bridgehead atoms. The van der Waals surface area contributed by atoms with Crippen LogP contribution in [-0.4, -0.2) is 37.6 Å². The van der Waals surface area contributed by atoms with Crippen LogP contribution in [0.5, 0.6) is 0 Å². The molecule has 0 aromatic heterocycles. The van der Waals surface area contributed by atoms with Gasteiger partial charge in [0.2, 0.25) is 0 Å². The van der Waals surface area contributed by atoms with E-state index in [1.165, 1.54) is 30.5 Å². The minimum atomic E-state index is -0.155. The maximum Gasteiger partial charge on any atom is 0.123 e. The lowest BCUT2D eigenvalue weighted by Crippen LogP contribution is -2.36. The molecule has 1 heterocycles. The minimum Gasteiger partial charge on any atom is -0.313 e. The summed E-state index contributed by atoms with van der Waals surface area (Å²) in [7, 11) is 2.16. The van der Waals surface area contributed by atoms with Gasteiger partial charge < -0.3 is 10.2 Å². The predicted octanol–water partition coefficient (Wildman–Crippen LogP) is 2.05. The van der Waals surface area contributed by atoms with E-state index in [2.05, 4.69) is 17.3 Å². The van der Waals surface area contributed by atoms with Crippen molar-refractivity contribution in [1.29, 1.82) is 0 Å². The number of nitrogens with zero attached hydrogens (tertiary/aromatic N) is 1. The second-order valence-electron chi connectivity index (χ2n) is 4.93. The van der Waals surface area contributed by atoms with Crippen LogP contribution in [0.2, 0.25) is 0 Å². The largest absolute Gasteiger partial charge is 0.313 e. The molecule has 1 aromatic carbocycles. The van der Waals surface area contributed by atoms with Crippen LogP contribution >= 0.6 is 0 Å². The zero-order valence-corrected chi connectivity index (χ0v) is 10.5. The number of likely N-dealkylation sites (N-methyl/N-ethyl adjacent to an activating group) is 1. The van der Waals surface area contributed by atoms with Crippen molar-refractivity contribution in [2.75, 3.05) is 26.7 Å². The highest BCUT2D eigenvalue weighted by Gasteiger charge is 2.15. The Labute approximate surface area is 103 Å². The summed E-state index contributed by atoms with van der Waals surface area (Å²) in [5, 5.41) is 3.50. The number of rotatable bonds is 5. The van der Waals surface area contributed by atoms with Gasteiger partial charge in [0.25, 0.3) is 0 Å². The van der Waals surface area contributed by atoms with Crippen molar-refractivity contribution < 1.29 is 4.39 Å². The molecule has 1 fully saturated rings. The van der Waals surface area contributed by atoms with Crippen molar-refractivity contribution in [3.8, 4) is 0 Å². The van der Waals surface area contributed by atoms with Gasteiger partial charge in [-0.2, -0.15) is 0 Å². The molecule has 1 aliphatic rings. The van der Waals surface area contributed by atoms with Crippen LogP contribution in [0.4, 0.5) is 4.39 Å². The molecule has 2 nitrogen and oxygen atoms in total. The van der Waals surface area contributed by atoms with Crippen molar-refractivity contribution >= 4 is 0 Å². The van der Waals surface area contributed by atoms with Crippen LogP contribution in [0.3, 0.4) is 0 Å². The van der Waals surface area contributed by atoms with E-state index >= 15 is 0 Å². The van der Waals surface area contributed by atoms with E-state index in [-0.39, 0.29) is 5.82 Å². The van der Waals surface area contributed by atoms with E-state index < -0.39 is 0 Å². The standard InChI is InChI=1S/C14H21FN2/c1-17(11-14-3-2-9-16-14)10-8-12-4-6-13(15)7-5-12/h4-7,14,16H,2-3,8-11H2,1H3. The summed E-state index contributed by atoms with van der Waals surface area (Å²) in [6.07, 6.45) is 3.58. The number of benzene rings is 1. The minimum absolute atomic E-state index is 0.155. The van der Waals surface area contributed by atoms with E-state index in [4.69, 9.17) is 0 Å². The molecule has 1 N–H and O–H groups in total. The van der Waals surface area contributed by atoms with Gasteiger partial charge in [0.1, 0.15) is 5.82 Å². The molecular weight excluding hydrogens is 215 g/mol. The molecule has 0 radical (unpaired) electrons. The Bertz CT molecular complexity index is 331. The lowest BCUT2D eigenvalue weighted by molar-refractivity contribution is 0.303. The van der Waals surface area contributed by atoms with E-state index in [9.17, 15) is 4.39 Å². The fraction of sp³-hybridized carbons (Fsp3) is 0.571. The molecule has 0 saturated carbocycles. The molecule has 17 heavy (non-hydrogen) atoms. The highest BCUT2D eigenvalue weighted by Crippen LogP contribution is 2.07. The first-order valence-electron chi connectivity index (χ1n) is 6.40. The van der Waals surface area contributed by atoms with Gasteiger partial charge in [0.05, 0.1) is 0 Å². The lowest BCUT2D eigenvalue weighted by atomic mass is 10.1. The number of hydrogen-bond donors (Lipinski definition) is 1. The van der Waals surface area contributed by atoms with Crippen molar-refractivity contribution in [2.24, 2.45) is 0 Å². The Morgan fingerprint density at radius 2 is 2.12 bits per heavy atom. The van der Waals surface area contributed by atoms with E-state index in [0.29, 0.717) is 6.04 Å². The SMILES string of the molecule is CN(CCc1ccc(F)cc1)CC1CCCN1. The van der Waals surface area contributed by atoms with Crippen LogP contribution in [0.25, 0.3) is 0 Å². The summed E-state index contributed by atoms with van der Waals surface area (Å²) in [6.45, 7) is 3.31. The topological polar surface area (TPSA) is 15.3 Å². The van der Waals surface area contributed by atoms with Gasteiger partial charge in [0.15, 0.2) is 0 Å². The molecule has 94 valence electrons. The van der Waals surface area contributed by atoms with Crippen LogP contribution in [0, 0.1) is 5.82 Å². The van der Waals surface area contributed by atoms with Gasteiger partial charge in [-0.15, -0.1) is 0 Å². The molecule has 0 aliphatic carbocycles. The smallest absolute Gasteiger partial charge is 0.123 e. The van der Waals surface area contributed by atoms with Crippen molar-refractivity contribution in [1.82, 2.24) is 10.2 Å². The summed E-state index contributed by atoms with van der Waals surface area (Å²) >= 11 is 0. The first kappa shape index (κ1) is 12.5. The average Bonchev–Trinajstić information content (AvgIpc) is 2.81. The molecular formula is C14H21FN2. The monoisotopic (exact) mass is 236 g/mol. The summed E-state index contributed by atoms with van der Waals surface area (Å²) in [5.41, 5.74) is 1.21. The molecule has 1 aromatic rings. The lowest BCUT2D eigenvalue weighted by Gasteiger charge is -2.20. The highest BCUT2D eigenvalue weighted by molar-refractivity contribution is 5.16. The third-order valence-corrected chi connectivity index (χ3v) is 3.39. The van der Waals surface area contributed by atoms with E-state index in [1.807, 2.05) is 12.1 Å². The van der Waals surface area contributed by atoms with Gasteiger partial charge in [0, 0.05) is 19.1 Å². The number of nitrogens with one attached hydrogen (secondary N) is 1. The zero-order valence-electron chi connectivity index (χ0n) is 10.5. The molecule has 0 spiro atoms. The van der Waals surface area contributed by atoms with Crippen molar-refractivity contribution in [3.05, 3.63) is 35.6 Å². The van der Waals surface area contributed by atoms with Gasteiger partial charge >= 0.3 is 0 Å². The van der Waals surface area contributed by atoms with Gasteiger partial charge in [-0.25, -0.2) is 4.39 Å². The number of halogens is 1. The fourth-order valence-corrected chi connectivity index (χ4v) is 2.35. The molecule has 1 saturated heterocycles. The normalized spacial score (nSPS) is 20.1. The predicted molar refractivity (Wildman–Crippen MR) is 68.6 cm³/mol. The first-order chi connectivity index (χ1) is 8.24. The van der Waals surface area contributed by atoms with Crippen LogP contribution in [-0.2, 0) is 6.42 Å². The van der Waals surface area contributed by atoms with Gasteiger partial charge in [-0.1, -0.05) is 12.1 Å². The second-order valence-corrected chi connectivity index (χ2v) is 4.93. The Hall–Kier alpha value is -0.930. The van der Waals surface area contributed by atoms with E-state index in [0.717, 1.165) is 26.1 Å². The quantitative estimate of drug-likeness (QED) is 0.841. The fourth-order valence-electron chi connectivity index (χ4n) is 2.35. The third kappa shape index (κ3) is 4.10. The van der Waals surface area contributed by atoms with Gasteiger partial charge in [-0.3, -0.25) is 0 Å². The third-order valence-electron chi connectivity index (χ3n) is 3.39. The average molecular weight is 236 g/mol. The molecule has 1 atom stereocenters. The molecule has 0 amide bonds. The van der Waals surface area contributed by atoms with Crippen LogP contribution < -0.4 is 5.32 Å². The first-order valence-corrected chi connectivity index (χ1v) is 6.40. The van der Waals surface area contributed by atoms with Crippen LogP contribution in [0.1, 0.15) is 18.4 Å². The van der Waals surface area contributed by atoms with E-state index in [1.54, 1.807) is 0 Å². The maximum atomic E-state index is 12.7. The summed E-state index contributed by atoms with van der Waals surface area (Å²) in [4.78, 5) is 2.35. The zero-order chi connectivity index (χ0) is 12.1. The van der Waals surface area contributed by atoms with Crippen molar-refractivity contribution in [2.45, 2.75) is 25.3 Å². The second kappa shape index (κ2) is 6.12.